The zero-order chi connectivity index (χ0) is 20.6. The maximum atomic E-state index is 5.64. The average molecular weight is 448 g/mol. The molecule has 1 saturated carbocycles. The van der Waals surface area contributed by atoms with E-state index in [-0.39, 0.29) is 0 Å². The standard InChI is InChI=1S/C11H14ClN3.C10H13ClN4/c12-10-13-4-9(5-14-10)6-15-7-11(8-15)2-1-3-11;11-9-13-1-8(2-14-9)3-15-6-10(7-15)4-12-5-10/h4-5H,1-3,6-8H2;1-2,12H,3-7H2. The van der Waals surface area contributed by atoms with E-state index in [0.717, 1.165) is 24.2 Å². The van der Waals surface area contributed by atoms with Crippen LogP contribution in [0.15, 0.2) is 24.8 Å². The summed E-state index contributed by atoms with van der Waals surface area (Å²) < 4.78 is 0. The Bertz CT molecular complexity index is 776. The molecule has 160 valence electrons. The molecule has 0 atom stereocenters. The molecule has 0 aromatic carbocycles. The molecule has 3 aliphatic heterocycles. The van der Waals surface area contributed by atoms with Gasteiger partial charge >= 0.3 is 0 Å². The van der Waals surface area contributed by atoms with Crippen LogP contribution in [0, 0.1) is 10.8 Å². The monoisotopic (exact) mass is 447 g/mol. The Balaban J connectivity index is 0.000000128. The summed E-state index contributed by atoms with van der Waals surface area (Å²) in [7, 11) is 0. The van der Waals surface area contributed by atoms with Gasteiger partial charge in [0.05, 0.1) is 0 Å². The highest BCUT2D eigenvalue weighted by Gasteiger charge is 2.47. The lowest BCUT2D eigenvalue weighted by Gasteiger charge is -2.56. The predicted molar refractivity (Wildman–Crippen MR) is 116 cm³/mol. The fraction of sp³-hybridized carbons (Fsp3) is 0.619. The maximum Gasteiger partial charge on any atom is 0.222 e. The van der Waals surface area contributed by atoms with Crippen LogP contribution < -0.4 is 5.32 Å². The van der Waals surface area contributed by atoms with E-state index in [2.05, 4.69) is 35.1 Å². The fourth-order valence-corrected chi connectivity index (χ4v) is 5.28. The number of rotatable bonds is 4. The Morgan fingerprint density at radius 3 is 1.50 bits per heavy atom. The molecule has 1 N–H and O–H groups in total. The van der Waals surface area contributed by atoms with E-state index in [4.69, 9.17) is 23.2 Å². The number of hydrogen-bond acceptors (Lipinski definition) is 7. The van der Waals surface area contributed by atoms with E-state index < -0.39 is 0 Å². The third-order valence-corrected chi connectivity index (χ3v) is 7.20. The smallest absolute Gasteiger partial charge is 0.222 e. The third kappa shape index (κ3) is 4.46. The van der Waals surface area contributed by atoms with Crippen molar-refractivity contribution in [3.8, 4) is 0 Å². The van der Waals surface area contributed by atoms with Gasteiger partial charge in [-0.25, -0.2) is 19.9 Å². The molecule has 2 spiro atoms. The van der Waals surface area contributed by atoms with Gasteiger partial charge in [-0.3, -0.25) is 9.80 Å². The molecular weight excluding hydrogens is 421 g/mol. The van der Waals surface area contributed by atoms with Gasteiger partial charge in [0.25, 0.3) is 0 Å². The quantitative estimate of drug-likeness (QED) is 0.722. The molecule has 9 heteroatoms. The van der Waals surface area contributed by atoms with E-state index >= 15 is 0 Å². The summed E-state index contributed by atoms with van der Waals surface area (Å²) in [4.78, 5) is 20.8. The van der Waals surface area contributed by atoms with Crippen LogP contribution in [-0.4, -0.2) is 69.0 Å². The fourth-order valence-electron chi connectivity index (χ4n) is 5.08. The zero-order valence-corrected chi connectivity index (χ0v) is 18.5. The molecule has 1 aliphatic carbocycles. The van der Waals surface area contributed by atoms with E-state index in [1.165, 1.54) is 58.5 Å². The first kappa shape index (κ1) is 20.5. The zero-order valence-electron chi connectivity index (χ0n) is 17.0. The molecule has 4 fully saturated rings. The van der Waals surface area contributed by atoms with Crippen LogP contribution >= 0.6 is 23.2 Å². The van der Waals surface area contributed by atoms with E-state index in [9.17, 15) is 0 Å². The summed E-state index contributed by atoms with van der Waals surface area (Å²) in [5.41, 5.74) is 3.59. The van der Waals surface area contributed by atoms with E-state index in [1.807, 2.05) is 12.4 Å². The molecule has 2 aromatic heterocycles. The van der Waals surface area contributed by atoms with Gasteiger partial charge in [0.1, 0.15) is 0 Å². The second-order valence-corrected chi connectivity index (χ2v) is 10.1. The largest absolute Gasteiger partial charge is 0.315 e. The molecular formula is C21H27Cl2N7. The lowest BCUT2D eigenvalue weighted by atomic mass is 9.63. The van der Waals surface area contributed by atoms with Crippen LogP contribution in [0.2, 0.25) is 10.6 Å². The highest BCUT2D eigenvalue weighted by Crippen LogP contribution is 2.48. The molecule has 2 aromatic rings. The van der Waals surface area contributed by atoms with Gasteiger partial charge < -0.3 is 5.32 Å². The first-order valence-electron chi connectivity index (χ1n) is 10.6. The first-order valence-corrected chi connectivity index (χ1v) is 11.4. The van der Waals surface area contributed by atoms with Crippen LogP contribution in [0.3, 0.4) is 0 Å². The Labute approximate surface area is 187 Å². The van der Waals surface area contributed by atoms with Crippen molar-refractivity contribution in [1.29, 1.82) is 0 Å². The molecule has 4 aliphatic rings. The normalized spacial score (nSPS) is 23.5. The molecule has 0 amide bonds. The number of hydrogen-bond donors (Lipinski definition) is 1. The highest BCUT2D eigenvalue weighted by atomic mass is 35.5. The lowest BCUT2D eigenvalue weighted by Crippen LogP contribution is -2.70. The molecule has 0 radical (unpaired) electrons. The minimum Gasteiger partial charge on any atom is -0.315 e. The number of aromatic nitrogens is 4. The van der Waals surface area contributed by atoms with Crippen LogP contribution in [0.5, 0.6) is 0 Å². The average Bonchev–Trinajstić information content (AvgIpc) is 2.61. The van der Waals surface area contributed by atoms with Crippen molar-refractivity contribution in [3.63, 3.8) is 0 Å². The van der Waals surface area contributed by atoms with Crippen molar-refractivity contribution >= 4 is 23.2 Å². The Morgan fingerprint density at radius 1 is 0.733 bits per heavy atom. The van der Waals surface area contributed by atoms with Crippen LogP contribution in [-0.2, 0) is 13.1 Å². The minimum atomic E-state index is 0.321. The summed E-state index contributed by atoms with van der Waals surface area (Å²) >= 11 is 11.3. The summed E-state index contributed by atoms with van der Waals surface area (Å²) in [6.07, 6.45) is 11.5. The topological polar surface area (TPSA) is 70.1 Å². The van der Waals surface area contributed by atoms with Crippen molar-refractivity contribution in [2.45, 2.75) is 32.4 Å². The van der Waals surface area contributed by atoms with Gasteiger partial charge in [-0.1, -0.05) is 6.42 Å². The van der Waals surface area contributed by atoms with E-state index in [1.54, 1.807) is 12.4 Å². The van der Waals surface area contributed by atoms with Gasteiger partial charge in [0.2, 0.25) is 10.6 Å². The second kappa shape index (κ2) is 8.28. The highest BCUT2D eigenvalue weighted by molar-refractivity contribution is 6.28. The number of nitrogens with zero attached hydrogens (tertiary/aromatic N) is 6. The second-order valence-electron chi connectivity index (χ2n) is 9.47. The van der Waals surface area contributed by atoms with Gasteiger partial charge in [-0.15, -0.1) is 0 Å². The Morgan fingerprint density at radius 2 is 1.17 bits per heavy atom. The summed E-state index contributed by atoms with van der Waals surface area (Å²) in [5.74, 6) is 0. The summed E-state index contributed by atoms with van der Waals surface area (Å²) in [6.45, 7) is 9.19. The van der Waals surface area contributed by atoms with E-state index in [0.29, 0.717) is 21.4 Å². The number of halogens is 2. The molecule has 6 rings (SSSR count). The van der Waals surface area contributed by atoms with Crippen molar-refractivity contribution in [2.24, 2.45) is 10.8 Å². The Hall–Kier alpha value is -1.38. The number of likely N-dealkylation sites (tertiary alicyclic amines) is 2. The van der Waals surface area contributed by atoms with Crippen LogP contribution in [0.25, 0.3) is 0 Å². The van der Waals surface area contributed by atoms with Crippen molar-refractivity contribution in [3.05, 3.63) is 46.5 Å². The minimum absolute atomic E-state index is 0.321. The lowest BCUT2D eigenvalue weighted by molar-refractivity contribution is -0.0645. The van der Waals surface area contributed by atoms with Gasteiger partial charge in [0.15, 0.2) is 0 Å². The van der Waals surface area contributed by atoms with Crippen LogP contribution in [0.4, 0.5) is 0 Å². The molecule has 3 saturated heterocycles. The molecule has 30 heavy (non-hydrogen) atoms. The molecule has 0 unspecified atom stereocenters. The van der Waals surface area contributed by atoms with Crippen LogP contribution in [0.1, 0.15) is 30.4 Å². The summed E-state index contributed by atoms with van der Waals surface area (Å²) in [5, 5.41) is 3.98. The predicted octanol–water partition coefficient (Wildman–Crippen LogP) is 2.65. The van der Waals surface area contributed by atoms with Gasteiger partial charge in [-0.2, -0.15) is 0 Å². The van der Waals surface area contributed by atoms with Crippen molar-refractivity contribution in [2.75, 3.05) is 39.3 Å². The molecule has 5 heterocycles. The number of nitrogens with one attached hydrogen (secondary N) is 1. The summed E-state index contributed by atoms with van der Waals surface area (Å²) in [6, 6.07) is 0. The Kier molecular flexibility index (Phi) is 5.66. The first-order chi connectivity index (χ1) is 14.5. The van der Waals surface area contributed by atoms with Gasteiger partial charge in [-0.05, 0) is 41.5 Å². The van der Waals surface area contributed by atoms with Crippen molar-refractivity contribution < 1.29 is 0 Å². The maximum absolute atomic E-state index is 5.64. The third-order valence-electron chi connectivity index (χ3n) is 6.81. The van der Waals surface area contributed by atoms with Gasteiger partial charge in [0, 0.05) is 93.7 Å². The molecule has 7 nitrogen and oxygen atoms in total. The van der Waals surface area contributed by atoms with Crippen molar-refractivity contribution in [1.82, 2.24) is 35.1 Å². The molecule has 0 bridgehead atoms. The SMILES string of the molecule is Clc1ncc(CN2CC3(CCC3)C2)cn1.Clc1ncc(CN2CC3(CNC3)C2)cn1.